The highest BCUT2D eigenvalue weighted by Crippen LogP contribution is 2.34. The maximum absolute atomic E-state index is 9.68. The van der Waals surface area contributed by atoms with Gasteiger partial charge in [-0.25, -0.2) is 0 Å². The van der Waals surface area contributed by atoms with E-state index >= 15 is 0 Å². The molecule has 0 bridgehead atoms. The first-order chi connectivity index (χ1) is 14.1. The third-order valence-electron chi connectivity index (χ3n) is 5.71. The van der Waals surface area contributed by atoms with Crippen molar-refractivity contribution in [3.63, 3.8) is 0 Å². The minimum atomic E-state index is -1.45. The molecule has 0 aromatic heterocycles. The van der Waals surface area contributed by atoms with Crippen LogP contribution in [0.2, 0.25) is 0 Å². The van der Waals surface area contributed by atoms with Crippen molar-refractivity contribution in [3.05, 3.63) is 89.5 Å². The summed E-state index contributed by atoms with van der Waals surface area (Å²) in [6.45, 7) is 3.64. The minimum absolute atomic E-state index is 0.565. The minimum Gasteiger partial charge on any atom is -0.423 e. The highest BCUT2D eigenvalue weighted by atomic mass is 16.4. The summed E-state index contributed by atoms with van der Waals surface area (Å²) in [4.78, 5) is 2.24. The van der Waals surface area contributed by atoms with Crippen molar-refractivity contribution >= 4 is 34.1 Å². The zero-order valence-corrected chi connectivity index (χ0v) is 17.0. The van der Waals surface area contributed by atoms with Gasteiger partial charge in [-0.1, -0.05) is 79.7 Å². The van der Waals surface area contributed by atoms with Gasteiger partial charge in [0.25, 0.3) is 0 Å². The molecule has 0 fully saturated rings. The fourth-order valence-electron chi connectivity index (χ4n) is 4.41. The van der Waals surface area contributed by atoms with E-state index in [2.05, 4.69) is 67.4 Å². The van der Waals surface area contributed by atoms with Gasteiger partial charge in [-0.3, -0.25) is 4.90 Å². The van der Waals surface area contributed by atoms with E-state index in [0.717, 1.165) is 18.5 Å². The molecule has 4 aromatic carbocycles. The second kappa shape index (κ2) is 8.38. The van der Waals surface area contributed by atoms with Crippen molar-refractivity contribution in [1.82, 2.24) is 4.90 Å². The molecule has 0 amide bonds. The largest absolute Gasteiger partial charge is 0.488 e. The van der Waals surface area contributed by atoms with Gasteiger partial charge in [0.1, 0.15) is 0 Å². The van der Waals surface area contributed by atoms with Crippen LogP contribution in [-0.4, -0.2) is 29.1 Å². The van der Waals surface area contributed by atoms with Gasteiger partial charge in [0, 0.05) is 13.1 Å². The molecule has 0 heterocycles. The predicted octanol–water partition coefficient (Wildman–Crippen LogP) is 3.87. The lowest BCUT2D eigenvalue weighted by Gasteiger charge is -2.22. The quantitative estimate of drug-likeness (QED) is 0.393. The van der Waals surface area contributed by atoms with Crippen LogP contribution in [0.5, 0.6) is 0 Å². The molecule has 3 nitrogen and oxygen atoms in total. The molecule has 0 radical (unpaired) electrons. The van der Waals surface area contributed by atoms with Crippen LogP contribution in [0, 0.1) is 0 Å². The Kier molecular flexibility index (Phi) is 5.68. The van der Waals surface area contributed by atoms with E-state index in [9.17, 15) is 10.0 Å². The molecular formula is C25H26BNO2. The van der Waals surface area contributed by atoms with Gasteiger partial charge in [0.05, 0.1) is 0 Å². The van der Waals surface area contributed by atoms with Gasteiger partial charge in [-0.15, -0.1) is 0 Å². The van der Waals surface area contributed by atoms with Crippen molar-refractivity contribution in [2.75, 3.05) is 7.05 Å². The van der Waals surface area contributed by atoms with Crippen LogP contribution in [0.3, 0.4) is 0 Å². The third kappa shape index (κ3) is 3.79. The molecule has 0 unspecified atom stereocenters. The molecule has 4 rings (SSSR count). The number of hydrogen-bond acceptors (Lipinski definition) is 3. The molecular weight excluding hydrogens is 357 g/mol. The Bertz CT molecular complexity index is 1100. The predicted molar refractivity (Wildman–Crippen MR) is 122 cm³/mol. The summed E-state index contributed by atoms with van der Waals surface area (Å²) >= 11 is 0. The summed E-state index contributed by atoms with van der Waals surface area (Å²) in [5.41, 5.74) is 4.22. The zero-order chi connectivity index (χ0) is 20.4. The lowest BCUT2D eigenvalue weighted by atomic mass is 9.77. The number of fused-ring (bicyclic) bond motifs is 2. The Hall–Kier alpha value is -2.66. The van der Waals surface area contributed by atoms with Gasteiger partial charge >= 0.3 is 7.12 Å². The molecule has 0 saturated heterocycles. The van der Waals surface area contributed by atoms with Gasteiger partial charge in [0.2, 0.25) is 0 Å². The summed E-state index contributed by atoms with van der Waals surface area (Å²) in [6, 6.07) is 24.8. The average Bonchev–Trinajstić information content (AvgIpc) is 2.74. The molecule has 0 aliphatic carbocycles. The monoisotopic (exact) mass is 383 g/mol. The Labute approximate surface area is 172 Å². The van der Waals surface area contributed by atoms with Crippen LogP contribution in [0.4, 0.5) is 0 Å². The molecule has 0 saturated carbocycles. The van der Waals surface area contributed by atoms with E-state index in [0.29, 0.717) is 12.0 Å². The lowest BCUT2D eigenvalue weighted by Crippen LogP contribution is -2.35. The fourth-order valence-corrected chi connectivity index (χ4v) is 4.41. The Balaban J connectivity index is 1.78. The summed E-state index contributed by atoms with van der Waals surface area (Å²) in [5.74, 6) is 0. The first-order valence-corrected chi connectivity index (χ1v) is 10.1. The normalized spacial score (nSPS) is 11.5. The topological polar surface area (TPSA) is 43.7 Å². The van der Waals surface area contributed by atoms with Crippen molar-refractivity contribution < 1.29 is 10.0 Å². The van der Waals surface area contributed by atoms with E-state index in [1.165, 1.54) is 32.7 Å². The van der Waals surface area contributed by atoms with Crippen LogP contribution in [0.15, 0.2) is 72.8 Å². The summed E-state index contributed by atoms with van der Waals surface area (Å²) in [5, 5.41) is 24.6. The van der Waals surface area contributed by atoms with E-state index in [4.69, 9.17) is 0 Å². The van der Waals surface area contributed by atoms with Gasteiger partial charge in [-0.2, -0.15) is 0 Å². The molecule has 29 heavy (non-hydrogen) atoms. The van der Waals surface area contributed by atoms with Crippen LogP contribution >= 0.6 is 0 Å². The van der Waals surface area contributed by atoms with Crippen LogP contribution in [-0.2, 0) is 19.5 Å². The second-order valence-corrected chi connectivity index (χ2v) is 7.65. The summed E-state index contributed by atoms with van der Waals surface area (Å²) in [7, 11) is 0.628. The third-order valence-corrected chi connectivity index (χ3v) is 5.71. The van der Waals surface area contributed by atoms with Gasteiger partial charge in [0.15, 0.2) is 0 Å². The molecule has 0 spiro atoms. The van der Waals surface area contributed by atoms with Gasteiger partial charge in [-0.05, 0) is 57.2 Å². The highest BCUT2D eigenvalue weighted by Gasteiger charge is 2.18. The maximum atomic E-state index is 9.68. The van der Waals surface area contributed by atoms with Crippen molar-refractivity contribution in [2.45, 2.75) is 26.4 Å². The molecule has 0 aliphatic heterocycles. The molecule has 0 atom stereocenters. The smallest absolute Gasteiger partial charge is 0.423 e. The zero-order valence-electron chi connectivity index (χ0n) is 17.0. The van der Waals surface area contributed by atoms with E-state index in [1.54, 1.807) is 6.07 Å². The summed E-state index contributed by atoms with van der Waals surface area (Å²) in [6.07, 6.45) is 0.999. The number of aryl methyl sites for hydroxylation is 1. The first-order valence-electron chi connectivity index (χ1n) is 10.1. The van der Waals surface area contributed by atoms with Crippen LogP contribution < -0.4 is 5.46 Å². The molecule has 2 N–H and O–H groups in total. The number of nitrogens with zero attached hydrogens (tertiary/aromatic N) is 1. The molecule has 0 aliphatic rings. The van der Waals surface area contributed by atoms with E-state index in [-0.39, 0.29) is 0 Å². The average molecular weight is 383 g/mol. The van der Waals surface area contributed by atoms with Crippen LogP contribution in [0.1, 0.15) is 23.6 Å². The summed E-state index contributed by atoms with van der Waals surface area (Å²) < 4.78 is 0. The lowest BCUT2D eigenvalue weighted by molar-refractivity contribution is 0.321. The molecule has 146 valence electrons. The Morgan fingerprint density at radius 3 is 1.69 bits per heavy atom. The fraction of sp³-hybridized carbons (Fsp3) is 0.200. The Morgan fingerprint density at radius 2 is 1.17 bits per heavy atom. The molecule has 4 aromatic rings. The highest BCUT2D eigenvalue weighted by molar-refractivity contribution is 6.59. The Morgan fingerprint density at radius 1 is 0.690 bits per heavy atom. The van der Waals surface area contributed by atoms with E-state index < -0.39 is 7.12 Å². The molecule has 4 heteroatoms. The van der Waals surface area contributed by atoms with E-state index in [1.807, 2.05) is 18.2 Å². The van der Waals surface area contributed by atoms with Crippen molar-refractivity contribution in [2.24, 2.45) is 0 Å². The number of benzene rings is 4. The SMILES string of the molecule is CCc1c2ccccc2c(CN(C)Cc2ccccc2B(O)O)c2ccccc12. The number of hydrogen-bond donors (Lipinski definition) is 2. The standard InChI is InChI=1S/C25H26BNO2/c1-3-19-20-11-5-7-13-22(20)24(23-14-8-6-12-21(19)23)17-27(2)16-18-10-4-9-15-25(18)26(28)29/h4-15,28-29H,3,16-17H2,1-2H3. The van der Waals surface area contributed by atoms with Crippen LogP contribution in [0.25, 0.3) is 21.5 Å². The van der Waals surface area contributed by atoms with Crippen molar-refractivity contribution in [3.8, 4) is 0 Å². The van der Waals surface area contributed by atoms with Gasteiger partial charge < -0.3 is 10.0 Å². The van der Waals surface area contributed by atoms with Crippen molar-refractivity contribution in [1.29, 1.82) is 0 Å². The number of rotatable bonds is 6. The maximum Gasteiger partial charge on any atom is 0.488 e. The second-order valence-electron chi connectivity index (χ2n) is 7.65. The first kappa shape index (κ1) is 19.7.